The van der Waals surface area contributed by atoms with Gasteiger partial charge in [-0.25, -0.2) is 0 Å². The number of fused-ring (bicyclic) bond motifs is 1. The Morgan fingerprint density at radius 2 is 1.71 bits per heavy atom. The molecule has 3 nitrogen and oxygen atoms in total. The van der Waals surface area contributed by atoms with Gasteiger partial charge in [0.1, 0.15) is 6.61 Å². The van der Waals surface area contributed by atoms with E-state index in [0.717, 1.165) is 31.9 Å². The number of benzene rings is 4. The van der Waals surface area contributed by atoms with Crippen LogP contribution in [-0.4, -0.2) is 7.11 Å². The molecule has 0 saturated carbocycles. The predicted molar refractivity (Wildman–Crippen MR) is 129 cm³/mol. The average Bonchev–Trinajstić information content (AvgIpc) is 2.82. The van der Waals surface area contributed by atoms with Crippen LogP contribution < -0.4 is 9.47 Å². The van der Waals surface area contributed by atoms with Crippen molar-refractivity contribution in [1.82, 2.24) is 0 Å². The van der Waals surface area contributed by atoms with Gasteiger partial charge in [0, 0.05) is 10.0 Å². The Balaban J connectivity index is 1.62. The van der Waals surface area contributed by atoms with Crippen LogP contribution in [0, 0.1) is 11.3 Å². The molecule has 0 N–H and O–H groups in total. The maximum absolute atomic E-state index is 9.83. The summed E-state index contributed by atoms with van der Waals surface area (Å²) >= 11 is 3.44. The highest BCUT2D eigenvalue weighted by atomic mass is 79.9. The van der Waals surface area contributed by atoms with Crippen LogP contribution in [0.3, 0.4) is 0 Å². The molecule has 31 heavy (non-hydrogen) atoms. The maximum atomic E-state index is 9.83. The van der Waals surface area contributed by atoms with E-state index in [1.54, 1.807) is 7.11 Å². The summed E-state index contributed by atoms with van der Waals surface area (Å²) in [7, 11) is 1.62. The molecule has 0 unspecified atom stereocenters. The third-order valence-electron chi connectivity index (χ3n) is 5.01. The van der Waals surface area contributed by atoms with Crippen molar-refractivity contribution in [3.63, 3.8) is 0 Å². The number of nitrogens with zero attached hydrogens (tertiary/aromatic N) is 1. The van der Waals surface area contributed by atoms with Gasteiger partial charge in [-0.15, -0.1) is 0 Å². The lowest BCUT2D eigenvalue weighted by molar-refractivity contribution is 0.284. The zero-order valence-electron chi connectivity index (χ0n) is 17.0. The third-order valence-corrected chi connectivity index (χ3v) is 5.54. The minimum atomic E-state index is 0.443. The summed E-state index contributed by atoms with van der Waals surface area (Å²) in [4.78, 5) is 0. The van der Waals surface area contributed by atoms with E-state index in [9.17, 15) is 5.26 Å². The van der Waals surface area contributed by atoms with Crippen LogP contribution in [-0.2, 0) is 6.61 Å². The molecule has 0 aromatic heterocycles. The molecule has 4 rings (SSSR count). The highest BCUT2D eigenvalue weighted by Crippen LogP contribution is 2.32. The van der Waals surface area contributed by atoms with Crippen LogP contribution in [0.5, 0.6) is 11.5 Å². The van der Waals surface area contributed by atoms with E-state index in [2.05, 4.69) is 34.1 Å². The Labute approximate surface area is 190 Å². The summed E-state index contributed by atoms with van der Waals surface area (Å²) in [6.07, 6.45) is 1.88. The van der Waals surface area contributed by atoms with E-state index in [-0.39, 0.29) is 0 Å². The van der Waals surface area contributed by atoms with Crippen LogP contribution in [0.2, 0.25) is 0 Å². The summed E-state index contributed by atoms with van der Waals surface area (Å²) in [5.74, 6) is 1.28. The lowest BCUT2D eigenvalue weighted by Crippen LogP contribution is -1.98. The van der Waals surface area contributed by atoms with Gasteiger partial charge in [-0.2, -0.15) is 5.26 Å². The van der Waals surface area contributed by atoms with Crippen LogP contribution in [0.4, 0.5) is 0 Å². The van der Waals surface area contributed by atoms with Crippen LogP contribution in [0.15, 0.2) is 89.4 Å². The lowest BCUT2D eigenvalue weighted by Gasteiger charge is -2.12. The summed E-state index contributed by atoms with van der Waals surface area (Å²) in [6.45, 7) is 0.443. The molecule has 0 heterocycles. The molecular formula is C27H20BrNO2. The lowest BCUT2D eigenvalue weighted by atomic mass is 9.97. The van der Waals surface area contributed by atoms with Gasteiger partial charge in [0.25, 0.3) is 0 Å². The molecule has 0 spiro atoms. The molecule has 0 aliphatic heterocycles. The number of rotatable bonds is 6. The first-order valence-corrected chi connectivity index (χ1v) is 10.6. The minimum Gasteiger partial charge on any atom is -0.493 e. The van der Waals surface area contributed by atoms with Crippen molar-refractivity contribution in [2.75, 3.05) is 7.11 Å². The molecule has 4 heteroatoms. The fourth-order valence-electron chi connectivity index (χ4n) is 3.43. The average molecular weight is 470 g/mol. The zero-order chi connectivity index (χ0) is 21.6. The Hall–Kier alpha value is -3.55. The first-order valence-electron chi connectivity index (χ1n) is 9.83. The van der Waals surface area contributed by atoms with Gasteiger partial charge < -0.3 is 9.47 Å². The van der Waals surface area contributed by atoms with Crippen molar-refractivity contribution in [1.29, 1.82) is 5.26 Å². The second-order valence-electron chi connectivity index (χ2n) is 7.02. The van der Waals surface area contributed by atoms with Gasteiger partial charge in [0.15, 0.2) is 11.5 Å². The smallest absolute Gasteiger partial charge is 0.161 e. The number of hydrogen-bond acceptors (Lipinski definition) is 3. The molecule has 0 fully saturated rings. The zero-order valence-corrected chi connectivity index (χ0v) is 18.6. The van der Waals surface area contributed by atoms with Crippen molar-refractivity contribution in [3.8, 4) is 17.6 Å². The molecule has 0 radical (unpaired) electrons. The number of halogens is 1. The Morgan fingerprint density at radius 3 is 2.48 bits per heavy atom. The normalized spacial score (nSPS) is 11.2. The molecule has 4 aromatic carbocycles. The first kappa shape index (κ1) is 20.7. The standard InChI is InChI=1S/C27H20BrNO2/c1-30-27-16-20(11-14-26(27)31-18-19-9-12-23(28)13-10-19)15-22(17-29)25-8-4-6-21-5-2-3-7-24(21)25/h2-16H,18H2,1H3/b22-15+. The summed E-state index contributed by atoms with van der Waals surface area (Å²) in [5, 5.41) is 12.0. The van der Waals surface area contributed by atoms with Gasteiger partial charge in [0.05, 0.1) is 18.8 Å². The predicted octanol–water partition coefficient (Wildman–Crippen LogP) is 7.25. The van der Waals surface area contributed by atoms with E-state index in [0.29, 0.717) is 23.7 Å². The number of ether oxygens (including phenoxy) is 2. The quantitative estimate of drug-likeness (QED) is 0.220. The second-order valence-corrected chi connectivity index (χ2v) is 7.94. The molecule has 152 valence electrons. The topological polar surface area (TPSA) is 42.2 Å². The SMILES string of the molecule is COc1cc(/C=C(\C#N)c2cccc3ccccc23)ccc1OCc1ccc(Br)cc1. The summed E-state index contributed by atoms with van der Waals surface area (Å²) in [6, 6.07) is 30.1. The summed E-state index contributed by atoms with van der Waals surface area (Å²) in [5.41, 5.74) is 3.45. The van der Waals surface area contributed by atoms with E-state index in [1.807, 2.05) is 78.9 Å². The largest absolute Gasteiger partial charge is 0.493 e. The summed E-state index contributed by atoms with van der Waals surface area (Å²) < 4.78 is 12.5. The van der Waals surface area contributed by atoms with Crippen molar-refractivity contribution < 1.29 is 9.47 Å². The van der Waals surface area contributed by atoms with Gasteiger partial charge in [-0.3, -0.25) is 0 Å². The third kappa shape index (κ3) is 4.79. The number of allylic oxidation sites excluding steroid dienone is 1. The van der Waals surface area contributed by atoms with Crippen molar-refractivity contribution in [2.24, 2.45) is 0 Å². The van der Waals surface area contributed by atoms with Gasteiger partial charge >= 0.3 is 0 Å². The van der Waals surface area contributed by atoms with E-state index in [1.165, 1.54) is 0 Å². The first-order chi connectivity index (χ1) is 15.2. The maximum Gasteiger partial charge on any atom is 0.161 e. The Morgan fingerprint density at radius 1 is 0.935 bits per heavy atom. The molecule has 0 atom stereocenters. The molecular weight excluding hydrogens is 450 g/mol. The van der Waals surface area contributed by atoms with Gasteiger partial charge in [-0.1, -0.05) is 76.6 Å². The Bertz CT molecular complexity index is 1280. The van der Waals surface area contributed by atoms with Gasteiger partial charge in [0.2, 0.25) is 0 Å². The Kier molecular flexibility index (Phi) is 6.35. The highest BCUT2D eigenvalue weighted by Gasteiger charge is 2.09. The van der Waals surface area contributed by atoms with Crippen LogP contribution in [0.1, 0.15) is 16.7 Å². The fourth-order valence-corrected chi connectivity index (χ4v) is 3.70. The van der Waals surface area contributed by atoms with E-state index >= 15 is 0 Å². The van der Waals surface area contributed by atoms with E-state index < -0.39 is 0 Å². The molecule has 0 aliphatic rings. The molecule has 0 aliphatic carbocycles. The molecule has 0 saturated heterocycles. The number of nitriles is 1. The van der Waals surface area contributed by atoms with Crippen LogP contribution in [0.25, 0.3) is 22.4 Å². The molecule has 4 aromatic rings. The minimum absolute atomic E-state index is 0.443. The van der Waals surface area contributed by atoms with Crippen molar-refractivity contribution >= 4 is 38.4 Å². The second kappa shape index (κ2) is 9.51. The van der Waals surface area contributed by atoms with Gasteiger partial charge in [-0.05, 0) is 52.2 Å². The highest BCUT2D eigenvalue weighted by molar-refractivity contribution is 9.10. The van der Waals surface area contributed by atoms with Crippen LogP contribution >= 0.6 is 15.9 Å². The van der Waals surface area contributed by atoms with Crippen molar-refractivity contribution in [2.45, 2.75) is 6.61 Å². The van der Waals surface area contributed by atoms with Crippen molar-refractivity contribution in [3.05, 3.63) is 106 Å². The molecule has 0 bridgehead atoms. The van der Waals surface area contributed by atoms with E-state index in [4.69, 9.17) is 9.47 Å². The fraction of sp³-hybridized carbons (Fsp3) is 0.0741. The molecule has 0 amide bonds. The number of hydrogen-bond donors (Lipinski definition) is 0. The number of methoxy groups -OCH3 is 1. The monoisotopic (exact) mass is 469 g/mol.